The summed E-state index contributed by atoms with van der Waals surface area (Å²) in [6.07, 6.45) is 3.32. The van der Waals surface area contributed by atoms with Gasteiger partial charge in [0.2, 0.25) is 0 Å². The molecule has 4 nitrogen and oxygen atoms in total. The molecule has 2 rings (SSSR count). The highest BCUT2D eigenvalue weighted by Gasteiger charge is 2.06. The van der Waals surface area contributed by atoms with Crippen molar-refractivity contribution in [2.45, 2.75) is 13.8 Å². The van der Waals surface area contributed by atoms with Crippen LogP contribution in [0.4, 0.5) is 5.69 Å². The van der Waals surface area contributed by atoms with Crippen LogP contribution in [0.15, 0.2) is 48.8 Å². The van der Waals surface area contributed by atoms with Gasteiger partial charge in [-0.05, 0) is 23.3 Å². The molecule has 0 radical (unpaired) electrons. The SMILES string of the molecule is CC.O=[N+]([O-])c1cccc(-c2ccncc2)c1. The zero-order chi connectivity index (χ0) is 12.7. The number of hydrogen-bond donors (Lipinski definition) is 0. The lowest BCUT2D eigenvalue weighted by Crippen LogP contribution is -1.87. The molecule has 2 aromatic rings. The summed E-state index contributed by atoms with van der Waals surface area (Å²) >= 11 is 0. The van der Waals surface area contributed by atoms with Crippen molar-refractivity contribution in [3.63, 3.8) is 0 Å². The Bertz CT molecular complexity index is 484. The molecule has 1 aromatic carbocycles. The summed E-state index contributed by atoms with van der Waals surface area (Å²) < 4.78 is 0. The van der Waals surface area contributed by atoms with E-state index in [2.05, 4.69) is 4.98 Å². The first-order valence-corrected chi connectivity index (χ1v) is 5.42. The van der Waals surface area contributed by atoms with Gasteiger partial charge in [-0.1, -0.05) is 26.0 Å². The molecule has 0 bridgehead atoms. The van der Waals surface area contributed by atoms with E-state index in [4.69, 9.17) is 0 Å². The first kappa shape index (κ1) is 12.8. The molecule has 17 heavy (non-hydrogen) atoms. The maximum absolute atomic E-state index is 10.6. The van der Waals surface area contributed by atoms with Crippen LogP contribution >= 0.6 is 0 Å². The Morgan fingerprint density at radius 1 is 1.06 bits per heavy atom. The molecule has 0 spiro atoms. The smallest absolute Gasteiger partial charge is 0.265 e. The lowest BCUT2D eigenvalue weighted by molar-refractivity contribution is -0.384. The first-order chi connectivity index (χ1) is 8.27. The van der Waals surface area contributed by atoms with Gasteiger partial charge in [-0.2, -0.15) is 0 Å². The van der Waals surface area contributed by atoms with Gasteiger partial charge in [-0.3, -0.25) is 15.1 Å². The molecule has 4 heteroatoms. The van der Waals surface area contributed by atoms with Gasteiger partial charge < -0.3 is 0 Å². The quantitative estimate of drug-likeness (QED) is 0.584. The summed E-state index contributed by atoms with van der Waals surface area (Å²) in [5.41, 5.74) is 1.85. The minimum Gasteiger partial charge on any atom is -0.265 e. The van der Waals surface area contributed by atoms with Crippen molar-refractivity contribution in [2.75, 3.05) is 0 Å². The number of pyridine rings is 1. The van der Waals surface area contributed by atoms with E-state index in [-0.39, 0.29) is 5.69 Å². The van der Waals surface area contributed by atoms with Crippen molar-refractivity contribution in [2.24, 2.45) is 0 Å². The fourth-order valence-corrected chi connectivity index (χ4v) is 1.34. The van der Waals surface area contributed by atoms with E-state index >= 15 is 0 Å². The lowest BCUT2D eigenvalue weighted by atomic mass is 10.1. The summed E-state index contributed by atoms with van der Waals surface area (Å²) in [5, 5.41) is 10.6. The number of benzene rings is 1. The van der Waals surface area contributed by atoms with E-state index in [1.54, 1.807) is 24.5 Å². The maximum Gasteiger partial charge on any atom is 0.270 e. The monoisotopic (exact) mass is 230 g/mol. The summed E-state index contributed by atoms with van der Waals surface area (Å²) in [5.74, 6) is 0. The largest absolute Gasteiger partial charge is 0.270 e. The van der Waals surface area contributed by atoms with Gasteiger partial charge in [0.05, 0.1) is 4.92 Å². The fraction of sp³-hybridized carbons (Fsp3) is 0.154. The lowest BCUT2D eigenvalue weighted by Gasteiger charge is -1.99. The van der Waals surface area contributed by atoms with Crippen LogP contribution in [0.1, 0.15) is 13.8 Å². The number of nitrogens with zero attached hydrogens (tertiary/aromatic N) is 2. The highest BCUT2D eigenvalue weighted by atomic mass is 16.6. The molecule has 0 fully saturated rings. The predicted molar refractivity (Wildman–Crippen MR) is 67.7 cm³/mol. The molecule has 88 valence electrons. The van der Waals surface area contributed by atoms with E-state index in [1.807, 2.05) is 32.0 Å². The van der Waals surface area contributed by atoms with Crippen LogP contribution < -0.4 is 0 Å². The van der Waals surface area contributed by atoms with Crippen LogP contribution in [0, 0.1) is 10.1 Å². The van der Waals surface area contributed by atoms with Crippen molar-refractivity contribution >= 4 is 5.69 Å². The van der Waals surface area contributed by atoms with Crippen molar-refractivity contribution in [3.05, 3.63) is 58.9 Å². The van der Waals surface area contributed by atoms with E-state index in [1.165, 1.54) is 6.07 Å². The Balaban J connectivity index is 0.000000686. The molecule has 0 N–H and O–H groups in total. The van der Waals surface area contributed by atoms with E-state index in [0.29, 0.717) is 0 Å². The second kappa shape index (κ2) is 6.37. The second-order valence-corrected chi connectivity index (χ2v) is 3.04. The molecule has 0 atom stereocenters. The molecular formula is C13H14N2O2. The third-order valence-corrected chi connectivity index (χ3v) is 2.07. The Kier molecular flexibility index (Phi) is 4.81. The molecule has 0 saturated carbocycles. The molecule has 0 unspecified atom stereocenters. The average Bonchev–Trinajstić information content (AvgIpc) is 2.42. The normalized spacial score (nSPS) is 9.06. The fourth-order valence-electron chi connectivity index (χ4n) is 1.34. The zero-order valence-corrected chi connectivity index (χ0v) is 9.83. The number of nitro groups is 1. The van der Waals surface area contributed by atoms with Gasteiger partial charge in [-0.25, -0.2) is 0 Å². The summed E-state index contributed by atoms with van der Waals surface area (Å²) in [7, 11) is 0. The van der Waals surface area contributed by atoms with Crippen LogP contribution in [-0.4, -0.2) is 9.91 Å². The van der Waals surface area contributed by atoms with Gasteiger partial charge in [0.1, 0.15) is 0 Å². The molecule has 0 amide bonds. The second-order valence-electron chi connectivity index (χ2n) is 3.04. The van der Waals surface area contributed by atoms with Gasteiger partial charge in [0, 0.05) is 24.5 Å². The number of non-ortho nitro benzene ring substituents is 1. The minimum absolute atomic E-state index is 0.101. The Morgan fingerprint density at radius 3 is 2.29 bits per heavy atom. The van der Waals surface area contributed by atoms with Gasteiger partial charge in [-0.15, -0.1) is 0 Å². The third kappa shape index (κ3) is 3.38. The maximum atomic E-state index is 10.6. The van der Waals surface area contributed by atoms with Crippen LogP contribution in [0.25, 0.3) is 11.1 Å². The van der Waals surface area contributed by atoms with E-state index < -0.39 is 4.92 Å². The Hall–Kier alpha value is -2.23. The summed E-state index contributed by atoms with van der Waals surface area (Å²) in [6, 6.07) is 10.2. The number of aromatic nitrogens is 1. The Morgan fingerprint density at radius 2 is 1.71 bits per heavy atom. The van der Waals surface area contributed by atoms with Crippen molar-refractivity contribution < 1.29 is 4.92 Å². The van der Waals surface area contributed by atoms with Gasteiger partial charge >= 0.3 is 0 Å². The van der Waals surface area contributed by atoms with Crippen LogP contribution in [0.5, 0.6) is 0 Å². The minimum atomic E-state index is -0.398. The third-order valence-electron chi connectivity index (χ3n) is 2.07. The van der Waals surface area contributed by atoms with Crippen LogP contribution in [-0.2, 0) is 0 Å². The predicted octanol–water partition coefficient (Wildman–Crippen LogP) is 3.68. The standard InChI is InChI=1S/C11H8N2O2.C2H6/c14-13(15)11-3-1-2-10(8-11)9-4-6-12-7-5-9;1-2/h1-8H;1-2H3. The van der Waals surface area contributed by atoms with Crippen molar-refractivity contribution in [1.29, 1.82) is 0 Å². The zero-order valence-electron chi connectivity index (χ0n) is 9.83. The topological polar surface area (TPSA) is 56.0 Å². The highest BCUT2D eigenvalue weighted by Crippen LogP contribution is 2.22. The van der Waals surface area contributed by atoms with Crippen LogP contribution in [0.2, 0.25) is 0 Å². The molecule has 0 aliphatic rings. The molecule has 0 aliphatic carbocycles. The first-order valence-electron chi connectivity index (χ1n) is 5.42. The number of rotatable bonds is 2. The highest BCUT2D eigenvalue weighted by molar-refractivity contribution is 5.65. The van der Waals surface area contributed by atoms with Gasteiger partial charge in [0.15, 0.2) is 0 Å². The molecule has 0 aliphatic heterocycles. The number of hydrogen-bond acceptors (Lipinski definition) is 3. The van der Waals surface area contributed by atoms with Crippen molar-refractivity contribution in [1.82, 2.24) is 4.98 Å². The Labute approximate surface area is 100 Å². The number of nitro benzene ring substituents is 1. The van der Waals surface area contributed by atoms with Crippen LogP contribution in [0.3, 0.4) is 0 Å². The van der Waals surface area contributed by atoms with Crippen molar-refractivity contribution in [3.8, 4) is 11.1 Å². The summed E-state index contributed by atoms with van der Waals surface area (Å²) in [6.45, 7) is 4.00. The summed E-state index contributed by atoms with van der Waals surface area (Å²) in [4.78, 5) is 14.1. The molecule has 0 saturated heterocycles. The van der Waals surface area contributed by atoms with E-state index in [0.717, 1.165) is 11.1 Å². The molecular weight excluding hydrogens is 216 g/mol. The van der Waals surface area contributed by atoms with E-state index in [9.17, 15) is 10.1 Å². The average molecular weight is 230 g/mol. The van der Waals surface area contributed by atoms with Gasteiger partial charge in [0.25, 0.3) is 5.69 Å². The molecule has 1 heterocycles. The molecule has 1 aromatic heterocycles.